The van der Waals surface area contributed by atoms with Gasteiger partial charge in [-0.3, -0.25) is 9.59 Å². The van der Waals surface area contributed by atoms with Crippen molar-refractivity contribution in [3.63, 3.8) is 0 Å². The van der Waals surface area contributed by atoms with E-state index in [1.165, 1.54) is 6.42 Å². The van der Waals surface area contributed by atoms with Crippen molar-refractivity contribution in [2.24, 2.45) is 0 Å². The highest BCUT2D eigenvalue weighted by molar-refractivity contribution is 5.78. The van der Waals surface area contributed by atoms with Crippen LogP contribution in [-0.4, -0.2) is 46.8 Å². The van der Waals surface area contributed by atoms with E-state index in [9.17, 15) is 9.59 Å². The van der Waals surface area contributed by atoms with Crippen LogP contribution in [0.5, 0.6) is 0 Å². The Morgan fingerprint density at radius 3 is 2.11 bits per heavy atom. The molecule has 0 radical (unpaired) electrons. The molecule has 2 amide bonds. The van der Waals surface area contributed by atoms with Crippen LogP contribution < -0.4 is 0 Å². The summed E-state index contributed by atoms with van der Waals surface area (Å²) in [6, 6.07) is 0. The van der Waals surface area contributed by atoms with Crippen LogP contribution in [0.3, 0.4) is 0 Å². The maximum Gasteiger partial charge on any atom is 0.224 e. The molecule has 4 nitrogen and oxygen atoms in total. The minimum absolute atomic E-state index is 0.0361. The number of piperidine rings is 1. The lowest BCUT2D eigenvalue weighted by molar-refractivity contribution is -0.136. The molecular formula is C14H26N2O2. The average Bonchev–Trinajstić information content (AvgIpc) is 2.28. The molecule has 104 valence electrons. The summed E-state index contributed by atoms with van der Waals surface area (Å²) in [5.41, 5.74) is -0.214. The highest BCUT2D eigenvalue weighted by Crippen LogP contribution is 2.15. The first-order chi connectivity index (χ1) is 8.32. The van der Waals surface area contributed by atoms with E-state index < -0.39 is 0 Å². The molecule has 0 N–H and O–H groups in total. The van der Waals surface area contributed by atoms with Crippen LogP contribution in [0.2, 0.25) is 0 Å². The zero-order chi connectivity index (χ0) is 13.8. The molecule has 1 fully saturated rings. The van der Waals surface area contributed by atoms with E-state index in [-0.39, 0.29) is 17.4 Å². The van der Waals surface area contributed by atoms with Gasteiger partial charge in [0.15, 0.2) is 0 Å². The van der Waals surface area contributed by atoms with Crippen molar-refractivity contribution in [1.82, 2.24) is 9.80 Å². The summed E-state index contributed by atoms with van der Waals surface area (Å²) in [7, 11) is 0. The van der Waals surface area contributed by atoms with Crippen LogP contribution in [0.1, 0.15) is 53.4 Å². The Morgan fingerprint density at radius 1 is 1.11 bits per heavy atom. The van der Waals surface area contributed by atoms with Gasteiger partial charge in [-0.15, -0.1) is 0 Å². The summed E-state index contributed by atoms with van der Waals surface area (Å²) in [5, 5.41) is 0. The smallest absolute Gasteiger partial charge is 0.224 e. The van der Waals surface area contributed by atoms with Crippen LogP contribution in [0.15, 0.2) is 0 Å². The van der Waals surface area contributed by atoms with E-state index in [4.69, 9.17) is 0 Å². The first kappa shape index (κ1) is 15.0. The van der Waals surface area contributed by atoms with Gasteiger partial charge in [-0.25, -0.2) is 0 Å². The SMILES string of the molecule is CC(=O)N(CCC(=O)N1CCCCC1)C(C)(C)C. The lowest BCUT2D eigenvalue weighted by atomic mass is 10.1. The van der Waals surface area contributed by atoms with Gasteiger partial charge in [-0.1, -0.05) is 0 Å². The number of likely N-dealkylation sites (tertiary alicyclic amines) is 1. The van der Waals surface area contributed by atoms with Gasteiger partial charge in [-0.2, -0.15) is 0 Å². The van der Waals surface area contributed by atoms with Gasteiger partial charge in [0.05, 0.1) is 0 Å². The molecule has 4 heteroatoms. The van der Waals surface area contributed by atoms with Crippen molar-refractivity contribution in [3.8, 4) is 0 Å². The molecule has 1 aliphatic heterocycles. The molecule has 1 heterocycles. The van der Waals surface area contributed by atoms with E-state index in [0.29, 0.717) is 13.0 Å². The largest absolute Gasteiger partial charge is 0.343 e. The molecule has 18 heavy (non-hydrogen) atoms. The molecule has 0 aromatic heterocycles. The van der Waals surface area contributed by atoms with Crippen LogP contribution in [0.4, 0.5) is 0 Å². The third kappa shape index (κ3) is 4.31. The highest BCUT2D eigenvalue weighted by atomic mass is 16.2. The Bertz CT molecular complexity index is 301. The van der Waals surface area contributed by atoms with E-state index in [1.807, 2.05) is 25.7 Å². The van der Waals surface area contributed by atoms with Crippen molar-refractivity contribution in [2.75, 3.05) is 19.6 Å². The summed E-state index contributed by atoms with van der Waals surface area (Å²) in [6.45, 7) is 9.85. The quantitative estimate of drug-likeness (QED) is 0.773. The lowest BCUT2D eigenvalue weighted by Gasteiger charge is -2.35. The van der Waals surface area contributed by atoms with Gasteiger partial charge in [0, 0.05) is 38.5 Å². The Labute approximate surface area is 110 Å². The molecule has 1 rings (SSSR count). The van der Waals surface area contributed by atoms with Gasteiger partial charge in [-0.05, 0) is 40.0 Å². The fourth-order valence-electron chi connectivity index (χ4n) is 2.47. The fourth-order valence-corrected chi connectivity index (χ4v) is 2.47. The van der Waals surface area contributed by atoms with Crippen molar-refractivity contribution in [3.05, 3.63) is 0 Å². The summed E-state index contributed by atoms with van der Waals surface area (Å²) in [5.74, 6) is 0.221. The molecule has 0 aliphatic carbocycles. The van der Waals surface area contributed by atoms with Gasteiger partial charge in [0.25, 0.3) is 0 Å². The zero-order valence-electron chi connectivity index (χ0n) is 12.2. The molecule has 0 aromatic rings. The summed E-state index contributed by atoms with van der Waals surface area (Å²) in [4.78, 5) is 27.3. The van der Waals surface area contributed by atoms with Crippen LogP contribution in [-0.2, 0) is 9.59 Å². The monoisotopic (exact) mass is 254 g/mol. The molecule has 0 bridgehead atoms. The molecule has 0 atom stereocenters. The summed E-state index contributed by atoms with van der Waals surface area (Å²) < 4.78 is 0. The molecular weight excluding hydrogens is 228 g/mol. The maximum atomic E-state index is 12.0. The predicted octanol–water partition coefficient (Wildman–Crippen LogP) is 2.04. The normalized spacial score (nSPS) is 16.6. The molecule has 0 unspecified atom stereocenters. The second kappa shape index (κ2) is 6.21. The van der Waals surface area contributed by atoms with Gasteiger partial charge in [0.1, 0.15) is 0 Å². The van der Waals surface area contributed by atoms with E-state index in [0.717, 1.165) is 25.9 Å². The second-order valence-corrected chi connectivity index (χ2v) is 6.03. The third-order valence-corrected chi connectivity index (χ3v) is 3.45. The molecule has 1 aliphatic rings. The average molecular weight is 254 g/mol. The van der Waals surface area contributed by atoms with Crippen molar-refractivity contribution < 1.29 is 9.59 Å². The number of hydrogen-bond donors (Lipinski definition) is 0. The Hall–Kier alpha value is -1.06. The van der Waals surface area contributed by atoms with E-state index in [2.05, 4.69) is 0 Å². The predicted molar refractivity (Wildman–Crippen MR) is 72.2 cm³/mol. The number of hydrogen-bond acceptors (Lipinski definition) is 2. The first-order valence-electron chi connectivity index (χ1n) is 6.88. The molecule has 0 spiro atoms. The van der Waals surface area contributed by atoms with Crippen molar-refractivity contribution >= 4 is 11.8 Å². The third-order valence-electron chi connectivity index (χ3n) is 3.45. The Kier molecular flexibility index (Phi) is 5.17. The minimum atomic E-state index is -0.214. The summed E-state index contributed by atoms with van der Waals surface area (Å²) >= 11 is 0. The number of carbonyl (C=O) groups excluding carboxylic acids is 2. The topological polar surface area (TPSA) is 40.6 Å². The van der Waals surface area contributed by atoms with Gasteiger partial charge < -0.3 is 9.80 Å². The highest BCUT2D eigenvalue weighted by Gasteiger charge is 2.25. The second-order valence-electron chi connectivity index (χ2n) is 6.03. The standard InChI is InChI=1S/C14H26N2O2/c1-12(17)16(14(2,3)4)11-8-13(18)15-9-6-5-7-10-15/h5-11H2,1-4H3. The zero-order valence-corrected chi connectivity index (χ0v) is 12.2. The van der Waals surface area contributed by atoms with E-state index in [1.54, 1.807) is 11.8 Å². The molecule has 0 saturated carbocycles. The number of nitrogens with zero attached hydrogens (tertiary/aromatic N) is 2. The molecule has 0 aromatic carbocycles. The molecule has 1 saturated heterocycles. The van der Waals surface area contributed by atoms with Crippen LogP contribution >= 0.6 is 0 Å². The van der Waals surface area contributed by atoms with E-state index >= 15 is 0 Å². The van der Waals surface area contributed by atoms with Gasteiger partial charge in [0.2, 0.25) is 11.8 Å². The fraction of sp³-hybridized carbons (Fsp3) is 0.857. The van der Waals surface area contributed by atoms with Crippen molar-refractivity contribution in [1.29, 1.82) is 0 Å². The van der Waals surface area contributed by atoms with Crippen molar-refractivity contribution in [2.45, 2.75) is 58.9 Å². The first-order valence-corrected chi connectivity index (χ1v) is 6.88. The van der Waals surface area contributed by atoms with Crippen LogP contribution in [0.25, 0.3) is 0 Å². The number of rotatable bonds is 3. The minimum Gasteiger partial charge on any atom is -0.343 e. The Morgan fingerprint density at radius 2 is 1.67 bits per heavy atom. The maximum absolute atomic E-state index is 12.0. The van der Waals surface area contributed by atoms with Crippen LogP contribution in [0, 0.1) is 0 Å². The number of carbonyl (C=O) groups is 2. The van der Waals surface area contributed by atoms with Gasteiger partial charge >= 0.3 is 0 Å². The Balaban J connectivity index is 2.46. The lowest BCUT2D eigenvalue weighted by Crippen LogP contribution is -2.46. The number of amides is 2. The summed E-state index contributed by atoms with van der Waals surface area (Å²) in [6.07, 6.45) is 3.89.